The molecule has 0 unspecified atom stereocenters. The number of carbonyl (C=O) groups is 1. The Labute approximate surface area is 92.3 Å². The largest absolute Gasteiger partial charge is 0.417 e. The molecule has 0 saturated heterocycles. The van der Waals surface area contributed by atoms with Crippen molar-refractivity contribution >= 4 is 17.5 Å². The maximum Gasteiger partial charge on any atom is 0.417 e. The highest BCUT2D eigenvalue weighted by atomic mass is 35.5. The molecule has 0 atom stereocenters. The number of rotatable bonds is 1. The summed E-state index contributed by atoms with van der Waals surface area (Å²) < 4.78 is 37.1. The van der Waals surface area contributed by atoms with Crippen LogP contribution < -0.4 is 0 Å². The lowest BCUT2D eigenvalue weighted by atomic mass is 10.1. The molecule has 1 aromatic rings. The summed E-state index contributed by atoms with van der Waals surface area (Å²) in [5, 5.41) is 2.16. The topological polar surface area (TPSA) is 65.8 Å². The minimum atomic E-state index is -4.66. The number of amides is 1. The summed E-state index contributed by atoms with van der Waals surface area (Å²) in [7, 11) is 0. The van der Waals surface area contributed by atoms with Crippen LogP contribution in [0.5, 0.6) is 0 Å². The number of benzene rings is 1. The molecule has 16 heavy (non-hydrogen) atoms. The van der Waals surface area contributed by atoms with Gasteiger partial charge in [-0.2, -0.15) is 13.2 Å². The van der Waals surface area contributed by atoms with E-state index in [4.69, 9.17) is 17.1 Å². The van der Waals surface area contributed by atoms with Crippen molar-refractivity contribution < 1.29 is 18.0 Å². The molecule has 0 bridgehead atoms. The second-order valence-electron chi connectivity index (χ2n) is 2.69. The van der Waals surface area contributed by atoms with Gasteiger partial charge < -0.3 is 0 Å². The Morgan fingerprint density at radius 3 is 2.56 bits per heavy atom. The first-order chi connectivity index (χ1) is 7.36. The van der Waals surface area contributed by atoms with E-state index < -0.39 is 22.7 Å². The Kier molecular flexibility index (Phi) is 3.41. The molecule has 0 heterocycles. The molecule has 8 heteroatoms. The number of carbonyl (C=O) groups excluding carboxylic acids is 1. The lowest BCUT2D eigenvalue weighted by molar-refractivity contribution is -0.137. The van der Waals surface area contributed by atoms with Gasteiger partial charge in [-0.05, 0) is 28.8 Å². The Bertz CT molecular complexity index is 480. The fourth-order valence-electron chi connectivity index (χ4n) is 0.974. The summed E-state index contributed by atoms with van der Waals surface area (Å²) in [4.78, 5) is 13.2. The monoisotopic (exact) mass is 249 g/mol. The quantitative estimate of drug-likeness (QED) is 0.424. The zero-order chi connectivity index (χ0) is 12.3. The fraction of sp³-hybridized carbons (Fsp3) is 0.125. The van der Waals surface area contributed by atoms with Crippen molar-refractivity contribution in [3.05, 3.63) is 44.8 Å². The van der Waals surface area contributed by atoms with Gasteiger partial charge in [0.25, 0.3) is 0 Å². The van der Waals surface area contributed by atoms with Crippen molar-refractivity contribution in [2.75, 3.05) is 0 Å². The number of nitrogens with zero attached hydrogens (tertiary/aromatic N) is 3. The molecular formula is C8H3ClF3N3O. The number of alkyl halides is 3. The Morgan fingerprint density at radius 2 is 2.06 bits per heavy atom. The zero-order valence-electron chi connectivity index (χ0n) is 7.49. The third-order valence-corrected chi connectivity index (χ3v) is 1.98. The lowest BCUT2D eigenvalue weighted by Crippen LogP contribution is -2.07. The Balaban J connectivity index is 3.28. The number of hydrogen-bond donors (Lipinski definition) is 0. The molecule has 0 aliphatic heterocycles. The van der Waals surface area contributed by atoms with Gasteiger partial charge in [-0.25, -0.2) is 0 Å². The van der Waals surface area contributed by atoms with Crippen LogP contribution in [-0.4, -0.2) is 5.91 Å². The highest BCUT2D eigenvalue weighted by Gasteiger charge is 2.33. The van der Waals surface area contributed by atoms with Crippen LogP contribution in [-0.2, 0) is 6.18 Å². The molecule has 0 N–H and O–H groups in total. The predicted molar refractivity (Wildman–Crippen MR) is 49.9 cm³/mol. The zero-order valence-corrected chi connectivity index (χ0v) is 8.25. The fourth-order valence-corrected chi connectivity index (χ4v) is 1.20. The first-order valence-corrected chi connectivity index (χ1v) is 4.20. The summed E-state index contributed by atoms with van der Waals surface area (Å²) in [5.41, 5.74) is 6.46. The molecule has 1 aromatic carbocycles. The highest BCUT2D eigenvalue weighted by molar-refractivity contribution is 6.31. The smallest absolute Gasteiger partial charge is 0.287 e. The van der Waals surface area contributed by atoms with Crippen molar-refractivity contribution in [2.45, 2.75) is 6.18 Å². The van der Waals surface area contributed by atoms with Gasteiger partial charge >= 0.3 is 6.18 Å². The molecule has 0 saturated carbocycles. The van der Waals surface area contributed by atoms with Gasteiger partial charge in [-0.3, -0.25) is 4.79 Å². The van der Waals surface area contributed by atoms with E-state index >= 15 is 0 Å². The third-order valence-electron chi connectivity index (χ3n) is 1.65. The number of halogens is 4. The van der Waals surface area contributed by atoms with Gasteiger partial charge in [-0.1, -0.05) is 11.6 Å². The summed E-state index contributed by atoms with van der Waals surface area (Å²) >= 11 is 5.33. The lowest BCUT2D eigenvalue weighted by Gasteiger charge is -2.09. The Hall–Kier alpha value is -1.72. The van der Waals surface area contributed by atoms with E-state index in [0.717, 1.165) is 12.1 Å². The first-order valence-electron chi connectivity index (χ1n) is 3.82. The van der Waals surface area contributed by atoms with Crippen LogP contribution in [0.4, 0.5) is 13.2 Å². The van der Waals surface area contributed by atoms with Gasteiger partial charge in [0.05, 0.1) is 10.6 Å². The average molecular weight is 250 g/mol. The molecule has 0 aliphatic carbocycles. The Morgan fingerprint density at radius 1 is 1.44 bits per heavy atom. The first kappa shape index (κ1) is 12.4. The minimum absolute atomic E-state index is 0.366. The summed E-state index contributed by atoms with van der Waals surface area (Å²) in [5.74, 6) is -1.09. The molecule has 0 fully saturated rings. The van der Waals surface area contributed by atoms with E-state index in [1.807, 2.05) is 0 Å². The summed E-state index contributed by atoms with van der Waals surface area (Å²) in [6, 6.07) is 2.51. The number of hydrogen-bond acceptors (Lipinski definition) is 1. The van der Waals surface area contributed by atoms with E-state index in [1.54, 1.807) is 0 Å². The van der Waals surface area contributed by atoms with Gasteiger partial charge in [0, 0.05) is 10.5 Å². The second-order valence-corrected chi connectivity index (χ2v) is 3.09. The number of azide groups is 1. The molecule has 0 aliphatic rings. The van der Waals surface area contributed by atoms with Gasteiger partial charge in [0.2, 0.25) is 5.91 Å². The third kappa shape index (κ3) is 2.65. The molecule has 84 valence electrons. The van der Waals surface area contributed by atoms with Crippen LogP contribution in [0.25, 0.3) is 10.4 Å². The molecular weight excluding hydrogens is 247 g/mol. The van der Waals surface area contributed by atoms with E-state index in [1.165, 1.54) is 0 Å². The standard InChI is InChI=1S/C8H3ClF3N3O/c9-6-2-1-4(7(16)14-15-13)3-5(6)8(10,11)12/h1-3H. The summed E-state index contributed by atoms with van der Waals surface area (Å²) in [6.45, 7) is 0. The van der Waals surface area contributed by atoms with Crippen molar-refractivity contribution in [1.82, 2.24) is 0 Å². The van der Waals surface area contributed by atoms with E-state index in [9.17, 15) is 18.0 Å². The van der Waals surface area contributed by atoms with Crippen LogP contribution in [0.1, 0.15) is 15.9 Å². The van der Waals surface area contributed by atoms with Crippen LogP contribution in [0.3, 0.4) is 0 Å². The molecule has 1 amide bonds. The van der Waals surface area contributed by atoms with Crippen molar-refractivity contribution in [1.29, 1.82) is 0 Å². The normalized spacial score (nSPS) is 10.8. The van der Waals surface area contributed by atoms with Gasteiger partial charge in [-0.15, -0.1) is 0 Å². The average Bonchev–Trinajstić information content (AvgIpc) is 2.16. The molecule has 1 rings (SSSR count). The second kappa shape index (κ2) is 4.42. The van der Waals surface area contributed by atoms with Gasteiger partial charge in [0.15, 0.2) is 0 Å². The minimum Gasteiger partial charge on any atom is -0.287 e. The maximum atomic E-state index is 12.4. The predicted octanol–water partition coefficient (Wildman–Crippen LogP) is 3.81. The van der Waals surface area contributed by atoms with Gasteiger partial charge in [0.1, 0.15) is 0 Å². The van der Waals surface area contributed by atoms with E-state index in [-0.39, 0.29) is 5.56 Å². The van der Waals surface area contributed by atoms with Crippen molar-refractivity contribution in [2.24, 2.45) is 5.11 Å². The van der Waals surface area contributed by atoms with E-state index in [2.05, 4.69) is 10.0 Å². The van der Waals surface area contributed by atoms with E-state index in [0.29, 0.717) is 6.07 Å². The SMILES string of the molecule is [N-]=[N+]=NC(=O)c1ccc(Cl)c(C(F)(F)F)c1. The van der Waals surface area contributed by atoms with Crippen LogP contribution in [0.15, 0.2) is 23.3 Å². The molecule has 4 nitrogen and oxygen atoms in total. The molecule has 0 spiro atoms. The molecule has 0 radical (unpaired) electrons. The van der Waals surface area contributed by atoms with Crippen LogP contribution in [0.2, 0.25) is 5.02 Å². The highest BCUT2D eigenvalue weighted by Crippen LogP contribution is 2.35. The van der Waals surface area contributed by atoms with Crippen LogP contribution >= 0.6 is 11.6 Å². The van der Waals surface area contributed by atoms with Crippen molar-refractivity contribution in [3.63, 3.8) is 0 Å². The molecule has 0 aromatic heterocycles. The van der Waals surface area contributed by atoms with Crippen LogP contribution in [0, 0.1) is 0 Å². The summed E-state index contributed by atoms with van der Waals surface area (Å²) in [6.07, 6.45) is -4.66. The maximum absolute atomic E-state index is 12.4. The van der Waals surface area contributed by atoms with Crippen molar-refractivity contribution in [3.8, 4) is 0 Å².